The van der Waals surface area contributed by atoms with Gasteiger partial charge in [0.1, 0.15) is 5.75 Å². The van der Waals surface area contributed by atoms with E-state index in [1.165, 1.54) is 12.1 Å². The fraction of sp³-hybridized carbons (Fsp3) is 0.417. The molecule has 0 aromatic heterocycles. The minimum Gasteiger partial charge on any atom is -0.405 e. The monoisotopic (exact) mass is 352 g/mol. The summed E-state index contributed by atoms with van der Waals surface area (Å²) in [7, 11) is 0. The molecule has 1 heterocycles. The van der Waals surface area contributed by atoms with Crippen molar-refractivity contribution in [3.8, 4) is 5.75 Å². The number of alkyl halides is 3. The second kappa shape index (κ2) is 6.01. The normalized spacial score (nSPS) is 15.6. The van der Waals surface area contributed by atoms with Gasteiger partial charge in [-0.1, -0.05) is 0 Å². The molecule has 1 aliphatic rings. The van der Waals surface area contributed by atoms with E-state index in [1.807, 2.05) is 0 Å². The van der Waals surface area contributed by atoms with Crippen molar-refractivity contribution in [1.29, 1.82) is 0 Å². The number of nitrogens with one attached hydrogen (secondary N) is 2. The number of hydrogen-bond donors (Lipinski definition) is 2. The lowest BCUT2D eigenvalue weighted by Crippen LogP contribution is -2.43. The van der Waals surface area contributed by atoms with E-state index in [1.54, 1.807) is 0 Å². The summed E-state index contributed by atoms with van der Waals surface area (Å²) in [6, 6.07) is 3.89. The van der Waals surface area contributed by atoms with Gasteiger partial charge in [0, 0.05) is 12.1 Å². The zero-order chi connectivity index (χ0) is 14.8. The molecule has 4 nitrogen and oxygen atoms in total. The summed E-state index contributed by atoms with van der Waals surface area (Å²) >= 11 is 2.98. The van der Waals surface area contributed by atoms with Gasteiger partial charge in [-0.15, -0.1) is 13.2 Å². The third-order valence-electron chi connectivity index (χ3n) is 2.78. The molecule has 0 spiro atoms. The van der Waals surface area contributed by atoms with Gasteiger partial charge in [0.15, 0.2) is 0 Å². The Morgan fingerprint density at radius 3 is 2.65 bits per heavy atom. The molecule has 1 aromatic rings. The average molecular weight is 353 g/mol. The van der Waals surface area contributed by atoms with Gasteiger partial charge >= 0.3 is 6.36 Å². The highest BCUT2D eigenvalue weighted by atomic mass is 79.9. The standard InChI is InChI=1S/C12H12BrF3N2O2/c13-9-4-8(1-2-10(9)20-12(14,15)16)18-11(19)3-7-5-17-6-7/h1-2,4,7,17H,3,5-6H2,(H,18,19). The highest BCUT2D eigenvalue weighted by molar-refractivity contribution is 9.10. The zero-order valence-corrected chi connectivity index (χ0v) is 11.8. The molecule has 110 valence electrons. The van der Waals surface area contributed by atoms with Crippen LogP contribution in [0.15, 0.2) is 22.7 Å². The van der Waals surface area contributed by atoms with E-state index in [4.69, 9.17) is 0 Å². The summed E-state index contributed by atoms with van der Waals surface area (Å²) in [6.45, 7) is 1.63. The maximum Gasteiger partial charge on any atom is 0.573 e. The van der Waals surface area contributed by atoms with Crippen LogP contribution in [-0.4, -0.2) is 25.4 Å². The molecular formula is C12H12BrF3N2O2. The van der Waals surface area contributed by atoms with Crippen molar-refractivity contribution >= 4 is 27.5 Å². The van der Waals surface area contributed by atoms with Crippen LogP contribution in [0.25, 0.3) is 0 Å². The summed E-state index contributed by atoms with van der Waals surface area (Å²) in [5, 5.41) is 5.70. The molecule has 1 saturated heterocycles. The van der Waals surface area contributed by atoms with E-state index in [9.17, 15) is 18.0 Å². The SMILES string of the molecule is O=C(CC1CNC1)Nc1ccc(OC(F)(F)F)c(Br)c1. The highest BCUT2D eigenvalue weighted by Crippen LogP contribution is 2.32. The van der Waals surface area contributed by atoms with Gasteiger partial charge in [0.05, 0.1) is 4.47 Å². The Labute approximate surface area is 121 Å². The lowest BCUT2D eigenvalue weighted by Gasteiger charge is -2.26. The van der Waals surface area contributed by atoms with Gasteiger partial charge < -0.3 is 15.4 Å². The predicted octanol–water partition coefficient (Wildman–Crippen LogP) is 2.90. The first-order valence-electron chi connectivity index (χ1n) is 5.89. The molecule has 0 unspecified atom stereocenters. The summed E-state index contributed by atoms with van der Waals surface area (Å²) < 4.78 is 40.2. The van der Waals surface area contributed by atoms with Crippen molar-refractivity contribution in [2.45, 2.75) is 12.8 Å². The van der Waals surface area contributed by atoms with E-state index < -0.39 is 6.36 Å². The number of hydrogen-bond acceptors (Lipinski definition) is 3. The smallest absolute Gasteiger partial charge is 0.405 e. The fourth-order valence-electron chi connectivity index (χ4n) is 1.75. The predicted molar refractivity (Wildman–Crippen MR) is 70.4 cm³/mol. The van der Waals surface area contributed by atoms with Crippen LogP contribution in [0.5, 0.6) is 5.75 Å². The first kappa shape index (κ1) is 15.1. The van der Waals surface area contributed by atoms with Gasteiger partial charge in [-0.2, -0.15) is 0 Å². The molecule has 0 saturated carbocycles. The van der Waals surface area contributed by atoms with Crippen LogP contribution in [-0.2, 0) is 4.79 Å². The second-order valence-corrected chi connectivity index (χ2v) is 5.32. The largest absolute Gasteiger partial charge is 0.573 e. The third kappa shape index (κ3) is 4.38. The van der Waals surface area contributed by atoms with Gasteiger partial charge in [-0.05, 0) is 53.1 Å². The van der Waals surface area contributed by atoms with E-state index >= 15 is 0 Å². The molecule has 20 heavy (non-hydrogen) atoms. The number of halogens is 4. The van der Waals surface area contributed by atoms with Crippen molar-refractivity contribution < 1.29 is 22.7 Å². The molecule has 0 atom stereocenters. The van der Waals surface area contributed by atoms with Crippen LogP contribution in [0.4, 0.5) is 18.9 Å². The molecule has 1 amide bonds. The fourth-order valence-corrected chi connectivity index (χ4v) is 2.21. The lowest BCUT2D eigenvalue weighted by molar-refractivity contribution is -0.274. The Morgan fingerprint density at radius 2 is 2.15 bits per heavy atom. The number of ether oxygens (including phenoxy) is 1. The Bertz CT molecular complexity index is 504. The second-order valence-electron chi connectivity index (χ2n) is 4.47. The van der Waals surface area contributed by atoms with E-state index in [2.05, 4.69) is 31.3 Å². The first-order valence-corrected chi connectivity index (χ1v) is 6.68. The molecular weight excluding hydrogens is 341 g/mol. The lowest BCUT2D eigenvalue weighted by atomic mass is 9.99. The van der Waals surface area contributed by atoms with Crippen LogP contribution < -0.4 is 15.4 Å². The molecule has 8 heteroatoms. The van der Waals surface area contributed by atoms with Crippen LogP contribution in [0.1, 0.15) is 6.42 Å². The van der Waals surface area contributed by atoms with Gasteiger partial charge in [0.2, 0.25) is 5.91 Å². The Kier molecular flexibility index (Phi) is 4.54. The van der Waals surface area contributed by atoms with Crippen molar-refractivity contribution in [2.24, 2.45) is 5.92 Å². The van der Waals surface area contributed by atoms with Crippen LogP contribution >= 0.6 is 15.9 Å². The molecule has 2 N–H and O–H groups in total. The molecule has 1 aliphatic heterocycles. The molecule has 0 radical (unpaired) electrons. The van der Waals surface area contributed by atoms with Crippen LogP contribution in [0, 0.1) is 5.92 Å². The molecule has 2 rings (SSSR count). The van der Waals surface area contributed by atoms with Gasteiger partial charge in [0.25, 0.3) is 0 Å². The van der Waals surface area contributed by atoms with Gasteiger partial charge in [-0.25, -0.2) is 0 Å². The molecule has 1 fully saturated rings. The molecule has 0 aliphatic carbocycles. The number of carbonyl (C=O) groups is 1. The van der Waals surface area contributed by atoms with Crippen molar-refractivity contribution in [3.05, 3.63) is 22.7 Å². The molecule has 0 bridgehead atoms. The number of anilines is 1. The Hall–Kier alpha value is -1.28. The minimum absolute atomic E-state index is 0.123. The van der Waals surface area contributed by atoms with E-state index in [0.717, 1.165) is 19.2 Å². The summed E-state index contributed by atoms with van der Waals surface area (Å²) in [5.41, 5.74) is 0.420. The first-order chi connectivity index (χ1) is 9.33. The summed E-state index contributed by atoms with van der Waals surface area (Å²) in [6.07, 6.45) is -4.35. The Balaban J connectivity index is 1.95. The number of carbonyl (C=O) groups excluding carboxylic acids is 1. The molecule has 1 aromatic carbocycles. The number of amides is 1. The van der Waals surface area contributed by atoms with Crippen molar-refractivity contribution in [3.63, 3.8) is 0 Å². The third-order valence-corrected chi connectivity index (χ3v) is 3.40. The summed E-state index contributed by atoms with van der Waals surface area (Å²) in [4.78, 5) is 11.7. The minimum atomic E-state index is -4.75. The van der Waals surface area contributed by atoms with Gasteiger partial charge in [-0.3, -0.25) is 4.79 Å². The van der Waals surface area contributed by atoms with Crippen LogP contribution in [0.2, 0.25) is 0 Å². The van der Waals surface area contributed by atoms with E-state index in [0.29, 0.717) is 18.0 Å². The Morgan fingerprint density at radius 1 is 1.45 bits per heavy atom. The van der Waals surface area contributed by atoms with Crippen molar-refractivity contribution in [2.75, 3.05) is 18.4 Å². The quantitative estimate of drug-likeness (QED) is 0.875. The van der Waals surface area contributed by atoms with Crippen molar-refractivity contribution in [1.82, 2.24) is 5.32 Å². The zero-order valence-electron chi connectivity index (χ0n) is 10.3. The maximum atomic E-state index is 12.1. The van der Waals surface area contributed by atoms with E-state index in [-0.39, 0.29) is 16.1 Å². The number of benzene rings is 1. The van der Waals surface area contributed by atoms with Crippen LogP contribution in [0.3, 0.4) is 0 Å². The average Bonchev–Trinajstić information content (AvgIpc) is 2.26. The topological polar surface area (TPSA) is 50.4 Å². The summed E-state index contributed by atoms with van der Waals surface area (Å²) in [5.74, 6) is -0.183. The number of rotatable bonds is 4. The highest BCUT2D eigenvalue weighted by Gasteiger charge is 2.32. The maximum absolute atomic E-state index is 12.1.